The van der Waals surface area contributed by atoms with Crippen LogP contribution in [0.2, 0.25) is 0 Å². The van der Waals surface area contributed by atoms with E-state index in [1.165, 1.54) is 0 Å². The van der Waals surface area contributed by atoms with E-state index in [1.54, 1.807) is 5.48 Å². The normalized spacial score (nSPS) is 11.0. The molecule has 4 N–H and O–H groups in total. The largest absolute Gasteiger partial charge is 0.361 e. The molecule has 148 valence electrons. The summed E-state index contributed by atoms with van der Waals surface area (Å²) < 4.78 is 0. The molecule has 0 heterocycles. The Bertz CT molecular complexity index is 809. The summed E-state index contributed by atoms with van der Waals surface area (Å²) in [5.74, 6) is -0.357. The minimum atomic E-state index is -0.357. The second kappa shape index (κ2) is 11.8. The first-order chi connectivity index (χ1) is 13.6. The molecule has 0 aliphatic heterocycles. The lowest BCUT2D eigenvalue weighted by Gasteiger charge is -2.12. The smallest absolute Gasteiger partial charge is 0.243 e. The number of nitrogens with one attached hydrogen (secondary N) is 3. The quantitative estimate of drug-likeness (QED) is 0.171. The number of unbranched alkanes of at least 4 members (excludes halogenated alkanes) is 2. The summed E-state index contributed by atoms with van der Waals surface area (Å²) >= 11 is 5.32. The van der Waals surface area contributed by atoms with E-state index in [2.05, 4.69) is 28.8 Å². The molecule has 0 radical (unpaired) electrons. The number of hydrogen-bond acceptors (Lipinski definition) is 4. The van der Waals surface area contributed by atoms with E-state index in [9.17, 15) is 4.79 Å². The summed E-state index contributed by atoms with van der Waals surface area (Å²) in [7, 11) is 0. The number of hydrazone groups is 1. The minimum Gasteiger partial charge on any atom is -0.361 e. The standard InChI is InChI=1S/C21H26N4O2S/c1-16-10-7-8-13-18(16)20(17-11-4-2-5-12-17)23-24-21(28)22-15-9-3-6-14-19(26)25-27/h2,4-5,7-8,10-13,27H,3,6,9,14-15H2,1H3,(H,25,26)(H2,22,24,28)/b23-20+. The zero-order valence-corrected chi connectivity index (χ0v) is 16.8. The van der Waals surface area contributed by atoms with Gasteiger partial charge in [-0.25, -0.2) is 5.48 Å². The zero-order valence-electron chi connectivity index (χ0n) is 15.9. The molecule has 28 heavy (non-hydrogen) atoms. The number of carbonyl (C=O) groups is 1. The van der Waals surface area contributed by atoms with Gasteiger partial charge >= 0.3 is 0 Å². The summed E-state index contributed by atoms with van der Waals surface area (Å²) in [5.41, 5.74) is 8.59. The van der Waals surface area contributed by atoms with E-state index >= 15 is 0 Å². The van der Waals surface area contributed by atoms with Gasteiger partial charge in [0.15, 0.2) is 5.11 Å². The van der Waals surface area contributed by atoms with E-state index in [-0.39, 0.29) is 5.91 Å². The van der Waals surface area contributed by atoms with Gasteiger partial charge in [0.25, 0.3) is 0 Å². The van der Waals surface area contributed by atoms with Crippen molar-refractivity contribution in [2.75, 3.05) is 6.54 Å². The number of thiocarbonyl (C=S) groups is 1. The average molecular weight is 399 g/mol. The maximum atomic E-state index is 10.9. The minimum absolute atomic E-state index is 0.320. The van der Waals surface area contributed by atoms with Crippen LogP contribution in [0.5, 0.6) is 0 Å². The highest BCUT2D eigenvalue weighted by Gasteiger charge is 2.09. The third-order valence-electron chi connectivity index (χ3n) is 4.21. The van der Waals surface area contributed by atoms with Crippen molar-refractivity contribution in [3.8, 4) is 0 Å². The van der Waals surface area contributed by atoms with Crippen LogP contribution in [0.3, 0.4) is 0 Å². The van der Waals surface area contributed by atoms with Gasteiger partial charge in [-0.2, -0.15) is 5.10 Å². The molecule has 0 aliphatic rings. The van der Waals surface area contributed by atoms with Crippen LogP contribution in [-0.4, -0.2) is 28.5 Å². The molecule has 0 bridgehead atoms. The van der Waals surface area contributed by atoms with Crippen LogP contribution in [0.1, 0.15) is 42.4 Å². The SMILES string of the molecule is Cc1ccccc1/C(=N/NC(=S)NCCCCCC(=O)NO)c1ccccc1. The Kier molecular flexibility index (Phi) is 9.10. The molecule has 6 nitrogen and oxygen atoms in total. The van der Waals surface area contributed by atoms with Gasteiger partial charge in [-0.15, -0.1) is 0 Å². The number of nitrogens with zero attached hydrogens (tertiary/aromatic N) is 1. The Morgan fingerprint density at radius 2 is 1.75 bits per heavy atom. The highest BCUT2D eigenvalue weighted by molar-refractivity contribution is 7.80. The van der Waals surface area contributed by atoms with Crippen LogP contribution >= 0.6 is 12.2 Å². The monoisotopic (exact) mass is 398 g/mol. The zero-order chi connectivity index (χ0) is 20.2. The Balaban J connectivity index is 1.91. The van der Waals surface area contributed by atoms with Gasteiger partial charge in [-0.05, 0) is 37.5 Å². The Labute approximate surface area is 171 Å². The molecule has 0 fully saturated rings. The topological polar surface area (TPSA) is 85.8 Å². The lowest BCUT2D eigenvalue weighted by Crippen LogP contribution is -2.33. The van der Waals surface area contributed by atoms with Gasteiger partial charge < -0.3 is 5.32 Å². The third kappa shape index (κ3) is 7.09. The van der Waals surface area contributed by atoms with E-state index in [0.717, 1.165) is 41.7 Å². The van der Waals surface area contributed by atoms with Crippen LogP contribution in [0.15, 0.2) is 59.7 Å². The molecule has 1 amide bonds. The first-order valence-corrected chi connectivity index (χ1v) is 9.68. The van der Waals surface area contributed by atoms with Crippen LogP contribution in [-0.2, 0) is 4.79 Å². The van der Waals surface area contributed by atoms with Gasteiger partial charge in [0, 0.05) is 24.1 Å². The first-order valence-electron chi connectivity index (χ1n) is 9.27. The molecule has 2 rings (SSSR count). The maximum Gasteiger partial charge on any atom is 0.243 e. The Morgan fingerprint density at radius 1 is 1.04 bits per heavy atom. The van der Waals surface area contributed by atoms with Crippen molar-refractivity contribution in [3.05, 3.63) is 71.3 Å². The van der Waals surface area contributed by atoms with Crippen molar-refractivity contribution < 1.29 is 10.0 Å². The lowest BCUT2D eigenvalue weighted by molar-refractivity contribution is -0.129. The van der Waals surface area contributed by atoms with Crippen LogP contribution in [0.25, 0.3) is 0 Å². The highest BCUT2D eigenvalue weighted by Crippen LogP contribution is 2.14. The van der Waals surface area contributed by atoms with Crippen molar-refractivity contribution >= 4 is 28.9 Å². The van der Waals surface area contributed by atoms with E-state index in [0.29, 0.717) is 18.1 Å². The van der Waals surface area contributed by atoms with Gasteiger partial charge in [0.2, 0.25) is 5.91 Å². The molecule has 0 unspecified atom stereocenters. The van der Waals surface area contributed by atoms with Crippen molar-refractivity contribution in [1.82, 2.24) is 16.2 Å². The summed E-state index contributed by atoms with van der Waals surface area (Å²) in [6.07, 6.45) is 2.77. The van der Waals surface area contributed by atoms with Crippen LogP contribution in [0.4, 0.5) is 0 Å². The van der Waals surface area contributed by atoms with Gasteiger partial charge in [0.05, 0.1) is 5.71 Å². The van der Waals surface area contributed by atoms with Crippen LogP contribution < -0.4 is 16.2 Å². The van der Waals surface area contributed by atoms with Crippen molar-refractivity contribution in [2.24, 2.45) is 5.10 Å². The fourth-order valence-electron chi connectivity index (χ4n) is 2.71. The molecular weight excluding hydrogens is 372 g/mol. The fourth-order valence-corrected chi connectivity index (χ4v) is 2.85. The van der Waals surface area contributed by atoms with Gasteiger partial charge in [0.1, 0.15) is 0 Å². The highest BCUT2D eigenvalue weighted by atomic mass is 32.1. The summed E-state index contributed by atoms with van der Waals surface area (Å²) in [6.45, 7) is 2.74. The molecule has 0 saturated heterocycles. The number of aryl methyl sites for hydroxylation is 1. The van der Waals surface area contributed by atoms with Crippen molar-refractivity contribution in [2.45, 2.75) is 32.6 Å². The molecule has 0 atom stereocenters. The summed E-state index contributed by atoms with van der Waals surface area (Å²) in [6, 6.07) is 18.1. The number of benzene rings is 2. The number of hydroxylamine groups is 1. The first kappa shape index (κ1) is 21.5. The number of carbonyl (C=O) groups excluding carboxylic acids is 1. The number of amides is 1. The van der Waals surface area contributed by atoms with Crippen LogP contribution in [0, 0.1) is 6.92 Å². The van der Waals surface area contributed by atoms with E-state index < -0.39 is 0 Å². The molecule has 2 aromatic rings. The van der Waals surface area contributed by atoms with E-state index in [1.807, 2.05) is 48.5 Å². The molecule has 0 aromatic heterocycles. The molecular formula is C21H26N4O2S. The second-order valence-electron chi connectivity index (χ2n) is 6.35. The molecule has 2 aromatic carbocycles. The van der Waals surface area contributed by atoms with E-state index in [4.69, 9.17) is 17.4 Å². The van der Waals surface area contributed by atoms with Gasteiger partial charge in [-0.3, -0.25) is 15.4 Å². The third-order valence-corrected chi connectivity index (χ3v) is 4.44. The predicted molar refractivity (Wildman–Crippen MR) is 115 cm³/mol. The molecule has 0 spiro atoms. The lowest BCUT2D eigenvalue weighted by atomic mass is 9.98. The summed E-state index contributed by atoms with van der Waals surface area (Å²) in [4.78, 5) is 10.9. The Hall–Kier alpha value is -2.77. The van der Waals surface area contributed by atoms with Crippen molar-refractivity contribution in [3.63, 3.8) is 0 Å². The molecule has 0 saturated carbocycles. The fraction of sp³-hybridized carbons (Fsp3) is 0.286. The second-order valence-corrected chi connectivity index (χ2v) is 6.76. The maximum absolute atomic E-state index is 10.9. The number of rotatable bonds is 9. The molecule has 7 heteroatoms. The molecule has 0 aliphatic carbocycles. The average Bonchev–Trinajstić information content (AvgIpc) is 2.72. The number of hydrogen-bond donors (Lipinski definition) is 4. The summed E-state index contributed by atoms with van der Waals surface area (Å²) in [5, 5.41) is 16.6. The Morgan fingerprint density at radius 3 is 2.46 bits per heavy atom. The predicted octanol–water partition coefficient (Wildman–Crippen LogP) is 3.28. The van der Waals surface area contributed by atoms with Crippen molar-refractivity contribution in [1.29, 1.82) is 0 Å². The van der Waals surface area contributed by atoms with Gasteiger partial charge in [-0.1, -0.05) is 61.0 Å².